The first kappa shape index (κ1) is 14.4. The molecule has 5 nitrogen and oxygen atoms in total. The number of hydrogen-bond acceptors (Lipinski definition) is 3. The van der Waals surface area contributed by atoms with Gasteiger partial charge in [0.15, 0.2) is 0 Å². The minimum Gasteiger partial charge on any atom is -0.374 e. The molecule has 0 heterocycles. The molecule has 3 amide bonds. The van der Waals surface area contributed by atoms with Crippen molar-refractivity contribution in [2.24, 2.45) is 0 Å². The standard InChI is InChI=1S/C15H21N3O2/c1-10(14(19)18-15(20)16-2)17-13-9-5-7-11-6-3-4-8-12(11)13/h5,7,9-10,17H,3-4,6,8H2,1-2H3,(H2,16,18,19,20). The van der Waals surface area contributed by atoms with Crippen LogP contribution in [0.1, 0.15) is 30.9 Å². The van der Waals surface area contributed by atoms with Crippen LogP contribution in [0.3, 0.4) is 0 Å². The van der Waals surface area contributed by atoms with Crippen molar-refractivity contribution in [3.63, 3.8) is 0 Å². The van der Waals surface area contributed by atoms with Crippen LogP contribution in [0.5, 0.6) is 0 Å². The quantitative estimate of drug-likeness (QED) is 0.788. The maximum atomic E-state index is 11.9. The summed E-state index contributed by atoms with van der Waals surface area (Å²) in [4.78, 5) is 23.0. The van der Waals surface area contributed by atoms with Gasteiger partial charge in [0, 0.05) is 12.7 Å². The number of carbonyl (C=O) groups excluding carboxylic acids is 2. The van der Waals surface area contributed by atoms with Crippen molar-refractivity contribution in [1.82, 2.24) is 10.6 Å². The van der Waals surface area contributed by atoms with E-state index in [4.69, 9.17) is 0 Å². The molecule has 20 heavy (non-hydrogen) atoms. The SMILES string of the molecule is CNC(=O)NC(=O)C(C)Nc1cccc2c1CCCC2. The molecule has 0 fully saturated rings. The number of benzene rings is 1. The number of rotatable bonds is 3. The summed E-state index contributed by atoms with van der Waals surface area (Å²) in [5.74, 6) is -0.335. The lowest BCUT2D eigenvalue weighted by Crippen LogP contribution is -2.44. The van der Waals surface area contributed by atoms with E-state index in [1.54, 1.807) is 6.92 Å². The van der Waals surface area contributed by atoms with Crippen LogP contribution in [0.25, 0.3) is 0 Å². The topological polar surface area (TPSA) is 70.2 Å². The number of nitrogens with one attached hydrogen (secondary N) is 3. The zero-order valence-corrected chi connectivity index (χ0v) is 12.0. The first-order chi connectivity index (χ1) is 9.61. The molecule has 0 aliphatic heterocycles. The fraction of sp³-hybridized carbons (Fsp3) is 0.467. The highest BCUT2D eigenvalue weighted by Gasteiger charge is 2.18. The third-order valence-electron chi connectivity index (χ3n) is 3.63. The highest BCUT2D eigenvalue weighted by molar-refractivity contribution is 5.97. The van der Waals surface area contributed by atoms with E-state index in [2.05, 4.69) is 22.0 Å². The van der Waals surface area contributed by atoms with Crippen LogP contribution in [0.4, 0.5) is 10.5 Å². The number of aryl methyl sites for hydroxylation is 1. The minimum absolute atomic E-state index is 0.335. The highest BCUT2D eigenvalue weighted by atomic mass is 16.2. The second-order valence-corrected chi connectivity index (χ2v) is 5.08. The average Bonchev–Trinajstić information content (AvgIpc) is 2.47. The van der Waals surface area contributed by atoms with Crippen molar-refractivity contribution in [3.05, 3.63) is 29.3 Å². The van der Waals surface area contributed by atoms with E-state index >= 15 is 0 Å². The van der Waals surface area contributed by atoms with Gasteiger partial charge in [0.25, 0.3) is 0 Å². The molecule has 0 spiro atoms. The van der Waals surface area contributed by atoms with Crippen molar-refractivity contribution in [2.45, 2.75) is 38.6 Å². The Bertz CT molecular complexity index is 514. The summed E-state index contributed by atoms with van der Waals surface area (Å²) in [6.45, 7) is 1.75. The van der Waals surface area contributed by atoms with Crippen molar-refractivity contribution >= 4 is 17.6 Å². The number of fused-ring (bicyclic) bond motifs is 1. The second kappa shape index (κ2) is 6.41. The largest absolute Gasteiger partial charge is 0.374 e. The van der Waals surface area contributed by atoms with Crippen LogP contribution >= 0.6 is 0 Å². The molecule has 1 aromatic carbocycles. The van der Waals surface area contributed by atoms with E-state index in [0.29, 0.717) is 0 Å². The van der Waals surface area contributed by atoms with Gasteiger partial charge in [-0.2, -0.15) is 0 Å². The predicted molar refractivity (Wildman–Crippen MR) is 78.8 cm³/mol. The Morgan fingerprint density at radius 3 is 2.70 bits per heavy atom. The Balaban J connectivity index is 2.06. The Morgan fingerprint density at radius 1 is 1.20 bits per heavy atom. The van der Waals surface area contributed by atoms with Crippen LogP contribution in [-0.4, -0.2) is 25.0 Å². The molecule has 1 aliphatic rings. The van der Waals surface area contributed by atoms with Crippen molar-refractivity contribution in [3.8, 4) is 0 Å². The van der Waals surface area contributed by atoms with Gasteiger partial charge in [0.2, 0.25) is 5.91 Å². The Labute approximate surface area is 119 Å². The lowest BCUT2D eigenvalue weighted by Gasteiger charge is -2.22. The van der Waals surface area contributed by atoms with E-state index < -0.39 is 12.1 Å². The summed E-state index contributed by atoms with van der Waals surface area (Å²) in [6, 6.07) is 5.21. The van der Waals surface area contributed by atoms with Gasteiger partial charge >= 0.3 is 6.03 Å². The lowest BCUT2D eigenvalue weighted by atomic mass is 9.90. The number of carbonyl (C=O) groups is 2. The van der Waals surface area contributed by atoms with E-state index in [0.717, 1.165) is 18.5 Å². The van der Waals surface area contributed by atoms with Crippen molar-refractivity contribution < 1.29 is 9.59 Å². The van der Waals surface area contributed by atoms with Gasteiger partial charge in [-0.25, -0.2) is 4.79 Å². The number of imide groups is 1. The van der Waals surface area contributed by atoms with Crippen LogP contribution in [-0.2, 0) is 17.6 Å². The van der Waals surface area contributed by atoms with E-state index in [9.17, 15) is 9.59 Å². The summed E-state index contributed by atoms with van der Waals surface area (Å²) in [5.41, 5.74) is 3.67. The summed E-state index contributed by atoms with van der Waals surface area (Å²) in [5, 5.41) is 7.85. The molecule has 5 heteroatoms. The molecule has 3 N–H and O–H groups in total. The third kappa shape index (κ3) is 3.29. The number of hydrogen-bond donors (Lipinski definition) is 3. The fourth-order valence-corrected chi connectivity index (χ4v) is 2.50. The first-order valence-electron chi connectivity index (χ1n) is 7.01. The van der Waals surface area contributed by atoms with Crippen molar-refractivity contribution in [1.29, 1.82) is 0 Å². The van der Waals surface area contributed by atoms with Gasteiger partial charge in [-0.05, 0) is 49.8 Å². The third-order valence-corrected chi connectivity index (χ3v) is 3.63. The van der Waals surface area contributed by atoms with Crippen LogP contribution in [0.2, 0.25) is 0 Å². The van der Waals surface area contributed by atoms with Gasteiger partial charge in [-0.3, -0.25) is 10.1 Å². The Hall–Kier alpha value is -2.04. The van der Waals surface area contributed by atoms with E-state index in [1.807, 2.05) is 12.1 Å². The summed E-state index contributed by atoms with van der Waals surface area (Å²) < 4.78 is 0. The zero-order valence-electron chi connectivity index (χ0n) is 12.0. The maximum absolute atomic E-state index is 11.9. The fourth-order valence-electron chi connectivity index (χ4n) is 2.50. The summed E-state index contributed by atoms with van der Waals surface area (Å²) in [7, 11) is 1.48. The molecule has 2 rings (SSSR count). The van der Waals surface area contributed by atoms with E-state index in [1.165, 1.54) is 31.0 Å². The van der Waals surface area contributed by atoms with Gasteiger partial charge in [-0.15, -0.1) is 0 Å². The minimum atomic E-state index is -0.487. The predicted octanol–water partition coefficient (Wildman–Crippen LogP) is 1.82. The molecule has 0 saturated carbocycles. The van der Waals surface area contributed by atoms with Gasteiger partial charge in [-0.1, -0.05) is 12.1 Å². The summed E-state index contributed by atoms with van der Waals surface area (Å²) in [6.07, 6.45) is 4.56. The maximum Gasteiger partial charge on any atom is 0.321 e. The molecule has 0 saturated heterocycles. The molecule has 0 bridgehead atoms. The summed E-state index contributed by atoms with van der Waals surface area (Å²) >= 11 is 0. The monoisotopic (exact) mass is 275 g/mol. The molecule has 0 aromatic heterocycles. The molecule has 1 aromatic rings. The second-order valence-electron chi connectivity index (χ2n) is 5.08. The molecule has 108 valence electrons. The van der Waals surface area contributed by atoms with Gasteiger partial charge in [0.05, 0.1) is 0 Å². The molecule has 0 radical (unpaired) electrons. The van der Waals surface area contributed by atoms with Gasteiger partial charge in [0.1, 0.15) is 6.04 Å². The molecular formula is C15H21N3O2. The zero-order chi connectivity index (χ0) is 14.5. The molecule has 1 atom stereocenters. The molecular weight excluding hydrogens is 254 g/mol. The number of anilines is 1. The Kier molecular flexibility index (Phi) is 4.61. The number of urea groups is 1. The Morgan fingerprint density at radius 2 is 1.95 bits per heavy atom. The first-order valence-corrected chi connectivity index (χ1v) is 7.01. The smallest absolute Gasteiger partial charge is 0.321 e. The normalized spacial score (nSPS) is 14.9. The van der Waals surface area contributed by atoms with Gasteiger partial charge < -0.3 is 10.6 Å². The van der Waals surface area contributed by atoms with Crippen LogP contribution in [0, 0.1) is 0 Å². The lowest BCUT2D eigenvalue weighted by molar-refractivity contribution is -0.120. The van der Waals surface area contributed by atoms with E-state index in [-0.39, 0.29) is 5.91 Å². The molecule has 1 unspecified atom stereocenters. The van der Waals surface area contributed by atoms with Crippen molar-refractivity contribution in [2.75, 3.05) is 12.4 Å². The molecule has 1 aliphatic carbocycles. The average molecular weight is 275 g/mol. The van der Waals surface area contributed by atoms with Crippen LogP contribution < -0.4 is 16.0 Å². The number of amides is 3. The van der Waals surface area contributed by atoms with Crippen LogP contribution in [0.15, 0.2) is 18.2 Å². The highest BCUT2D eigenvalue weighted by Crippen LogP contribution is 2.28.